The molecule has 4 rings (SSSR count). The zero-order chi connectivity index (χ0) is 30.7. The summed E-state index contributed by atoms with van der Waals surface area (Å²) < 4.78 is 7.88. The van der Waals surface area contributed by atoms with Gasteiger partial charge in [-0.2, -0.15) is 0 Å². The molecule has 10 heteroatoms. The lowest BCUT2D eigenvalue weighted by atomic mass is 9.94. The van der Waals surface area contributed by atoms with Gasteiger partial charge in [0.15, 0.2) is 0 Å². The van der Waals surface area contributed by atoms with Crippen molar-refractivity contribution in [1.29, 1.82) is 0 Å². The molecule has 1 aliphatic rings. The molecule has 3 heterocycles. The van der Waals surface area contributed by atoms with Crippen LogP contribution in [0.4, 0.5) is 0 Å². The van der Waals surface area contributed by atoms with Crippen LogP contribution in [0.2, 0.25) is 0 Å². The Balaban J connectivity index is 1.26. The molecule has 1 aromatic carbocycles. The van der Waals surface area contributed by atoms with Crippen LogP contribution in [0, 0.1) is 31.1 Å². The molecule has 0 radical (unpaired) electrons. The van der Waals surface area contributed by atoms with E-state index in [1.165, 1.54) is 0 Å². The average Bonchev–Trinajstić information content (AvgIpc) is 3.50. The molecule has 1 saturated heterocycles. The summed E-state index contributed by atoms with van der Waals surface area (Å²) in [5.74, 6) is 4.30. The zero-order valence-corrected chi connectivity index (χ0v) is 24.9. The van der Waals surface area contributed by atoms with Crippen LogP contribution in [0.15, 0.2) is 42.6 Å². The predicted octanol–water partition coefficient (Wildman–Crippen LogP) is 4.05. The number of hydroxylamine groups is 2. The number of benzene rings is 1. The molecule has 0 saturated carbocycles. The third kappa shape index (κ3) is 7.22. The minimum atomic E-state index is -1.08. The molecule has 42 heavy (non-hydrogen) atoms. The number of carbonyl (C=O) groups is 4. The minimum absolute atomic E-state index is 0.0195. The Hall–Kier alpha value is -4.49. The lowest BCUT2D eigenvalue weighted by Crippen LogP contribution is -2.41. The molecule has 1 N–H and O–H groups in total. The summed E-state index contributed by atoms with van der Waals surface area (Å²) >= 11 is 0. The standard InChI is InChI=1S/C32H36N4O6/c1-21-18-22(2)35-17-15-25(28(35)34-21)29(39)33-19-24-11-9-23(10-12-24)8-7-16-32(5,6)41-20-31(3,4)30(40)42-36-26(37)13-14-27(36)38/h9-12,15,17-18H,13-14,16,19-20H2,1-6H3,(H,33,39). The number of amides is 3. The number of aromatic nitrogens is 2. The van der Waals surface area contributed by atoms with Gasteiger partial charge >= 0.3 is 5.97 Å². The first kappa shape index (κ1) is 30.5. The van der Waals surface area contributed by atoms with Crippen LogP contribution >= 0.6 is 0 Å². The Morgan fingerprint density at radius 3 is 2.36 bits per heavy atom. The number of hydrogen-bond donors (Lipinski definition) is 1. The second-order valence-electron chi connectivity index (χ2n) is 11.7. The van der Waals surface area contributed by atoms with E-state index in [9.17, 15) is 19.2 Å². The third-order valence-corrected chi connectivity index (χ3v) is 6.89. The number of aryl methyl sites for hydroxylation is 2. The van der Waals surface area contributed by atoms with E-state index in [-0.39, 0.29) is 25.4 Å². The topological polar surface area (TPSA) is 119 Å². The maximum Gasteiger partial charge on any atom is 0.341 e. The van der Waals surface area contributed by atoms with Crippen LogP contribution in [0.5, 0.6) is 0 Å². The van der Waals surface area contributed by atoms with Crippen LogP contribution in [-0.2, 0) is 30.5 Å². The summed E-state index contributed by atoms with van der Waals surface area (Å²) in [4.78, 5) is 58.4. The first-order chi connectivity index (χ1) is 19.8. The van der Waals surface area contributed by atoms with Gasteiger partial charge in [-0.15, -0.1) is 5.06 Å². The fourth-order valence-corrected chi connectivity index (χ4v) is 4.26. The van der Waals surface area contributed by atoms with Gasteiger partial charge in [-0.05, 0) is 71.4 Å². The molecular weight excluding hydrogens is 536 g/mol. The molecule has 3 amide bonds. The number of nitrogens with zero attached hydrogens (tertiary/aromatic N) is 3. The number of ether oxygens (including phenoxy) is 1. The van der Waals surface area contributed by atoms with Crippen LogP contribution in [0.1, 0.15) is 79.8 Å². The fraction of sp³-hybridized carbons (Fsp3) is 0.406. The van der Waals surface area contributed by atoms with Crippen LogP contribution < -0.4 is 5.32 Å². The van der Waals surface area contributed by atoms with Crippen molar-refractivity contribution in [2.24, 2.45) is 5.41 Å². The van der Waals surface area contributed by atoms with E-state index >= 15 is 0 Å². The van der Waals surface area contributed by atoms with Crippen LogP contribution in [-0.4, -0.2) is 50.3 Å². The van der Waals surface area contributed by atoms with Crippen molar-refractivity contribution in [3.63, 3.8) is 0 Å². The molecule has 0 atom stereocenters. The quantitative estimate of drug-likeness (QED) is 0.304. The minimum Gasteiger partial charge on any atom is -0.373 e. The van der Waals surface area contributed by atoms with Gasteiger partial charge in [-0.3, -0.25) is 14.4 Å². The maximum atomic E-state index is 12.8. The summed E-state index contributed by atoms with van der Waals surface area (Å²) in [5, 5.41) is 3.50. The van der Waals surface area contributed by atoms with Gasteiger partial charge < -0.3 is 19.3 Å². The van der Waals surface area contributed by atoms with E-state index in [0.29, 0.717) is 29.2 Å². The smallest absolute Gasteiger partial charge is 0.341 e. The highest BCUT2D eigenvalue weighted by Crippen LogP contribution is 2.25. The normalized spacial score (nSPS) is 13.7. The number of nitrogens with one attached hydrogen (secondary N) is 1. The molecular formula is C32H36N4O6. The average molecular weight is 573 g/mol. The Morgan fingerprint density at radius 1 is 1.02 bits per heavy atom. The summed E-state index contributed by atoms with van der Waals surface area (Å²) in [6.45, 7) is 11.3. The first-order valence-corrected chi connectivity index (χ1v) is 13.8. The van der Waals surface area contributed by atoms with E-state index in [4.69, 9.17) is 9.57 Å². The largest absolute Gasteiger partial charge is 0.373 e. The van der Waals surface area contributed by atoms with Crippen LogP contribution in [0.3, 0.4) is 0 Å². The van der Waals surface area contributed by atoms with Crippen molar-refractivity contribution >= 4 is 29.3 Å². The SMILES string of the molecule is Cc1cc(C)n2ccc(C(=O)NCc3ccc(C#CCC(C)(C)OCC(C)(C)C(=O)ON4C(=O)CCC4=O)cc3)c2n1. The van der Waals surface area contributed by atoms with Crippen molar-refractivity contribution in [3.8, 4) is 11.8 Å². The van der Waals surface area contributed by atoms with Gasteiger partial charge in [0.05, 0.1) is 23.2 Å². The maximum absolute atomic E-state index is 12.8. The van der Waals surface area contributed by atoms with E-state index in [0.717, 1.165) is 22.5 Å². The van der Waals surface area contributed by atoms with E-state index < -0.39 is 28.8 Å². The molecule has 220 valence electrons. The lowest BCUT2D eigenvalue weighted by molar-refractivity contribution is -0.207. The second kappa shape index (κ2) is 12.2. The van der Waals surface area contributed by atoms with Gasteiger partial charge in [0, 0.05) is 49.0 Å². The highest BCUT2D eigenvalue weighted by molar-refractivity contribution is 6.02. The Morgan fingerprint density at radius 2 is 1.69 bits per heavy atom. The highest BCUT2D eigenvalue weighted by atomic mass is 16.7. The number of imide groups is 1. The van der Waals surface area contributed by atoms with Gasteiger partial charge in [0.2, 0.25) is 0 Å². The molecule has 10 nitrogen and oxygen atoms in total. The van der Waals surface area contributed by atoms with E-state index in [1.54, 1.807) is 19.9 Å². The van der Waals surface area contributed by atoms with Gasteiger partial charge in [-0.1, -0.05) is 24.0 Å². The van der Waals surface area contributed by atoms with Gasteiger partial charge in [-0.25, -0.2) is 9.78 Å². The Kier molecular flexibility index (Phi) is 8.83. The molecule has 1 aliphatic heterocycles. The number of carbonyl (C=O) groups excluding carboxylic acids is 4. The Bertz CT molecular complexity index is 1570. The number of rotatable bonds is 9. The second-order valence-corrected chi connectivity index (χ2v) is 11.7. The van der Waals surface area contributed by atoms with Crippen molar-refractivity contribution in [1.82, 2.24) is 19.8 Å². The van der Waals surface area contributed by atoms with E-state index in [1.807, 2.05) is 68.6 Å². The highest BCUT2D eigenvalue weighted by Gasteiger charge is 2.39. The molecule has 3 aromatic rings. The molecule has 1 fully saturated rings. The third-order valence-electron chi connectivity index (χ3n) is 6.89. The lowest BCUT2D eigenvalue weighted by Gasteiger charge is -2.30. The molecule has 0 bridgehead atoms. The van der Waals surface area contributed by atoms with Crippen LogP contribution in [0.25, 0.3) is 5.65 Å². The van der Waals surface area contributed by atoms with Crippen molar-refractivity contribution in [2.45, 2.75) is 73.0 Å². The zero-order valence-electron chi connectivity index (χ0n) is 24.9. The van der Waals surface area contributed by atoms with E-state index in [2.05, 4.69) is 22.1 Å². The van der Waals surface area contributed by atoms with Crippen molar-refractivity contribution < 1.29 is 28.8 Å². The van der Waals surface area contributed by atoms with Gasteiger partial charge in [0.25, 0.3) is 17.7 Å². The monoisotopic (exact) mass is 572 g/mol. The van der Waals surface area contributed by atoms with Crippen molar-refractivity contribution in [2.75, 3.05) is 6.61 Å². The fourth-order valence-electron chi connectivity index (χ4n) is 4.26. The molecule has 0 aliphatic carbocycles. The molecule has 2 aromatic heterocycles. The van der Waals surface area contributed by atoms with Gasteiger partial charge in [0.1, 0.15) is 5.65 Å². The summed E-state index contributed by atoms with van der Waals surface area (Å²) in [7, 11) is 0. The number of fused-ring (bicyclic) bond motifs is 1. The first-order valence-electron chi connectivity index (χ1n) is 13.8. The predicted molar refractivity (Wildman–Crippen MR) is 155 cm³/mol. The molecule has 0 spiro atoms. The number of hydrogen-bond acceptors (Lipinski definition) is 7. The Labute approximate surface area is 245 Å². The summed E-state index contributed by atoms with van der Waals surface area (Å²) in [6, 6.07) is 11.4. The van der Waals surface area contributed by atoms with Crippen molar-refractivity contribution in [3.05, 3.63) is 70.7 Å². The molecule has 0 unspecified atom stereocenters. The summed E-state index contributed by atoms with van der Waals surface area (Å²) in [6.07, 6.45) is 2.33. The summed E-state index contributed by atoms with van der Waals surface area (Å²) in [5.41, 5.74) is 3.06.